The van der Waals surface area contributed by atoms with E-state index in [0.717, 1.165) is 25.9 Å². The molecule has 0 aliphatic carbocycles. The van der Waals surface area contributed by atoms with Gasteiger partial charge in [-0.15, -0.1) is 0 Å². The van der Waals surface area contributed by atoms with Gasteiger partial charge >= 0.3 is 0 Å². The van der Waals surface area contributed by atoms with Gasteiger partial charge in [-0.1, -0.05) is 27.7 Å². The summed E-state index contributed by atoms with van der Waals surface area (Å²) in [5, 5.41) is 6.08. The van der Waals surface area contributed by atoms with Crippen LogP contribution in [0.1, 0.15) is 47.0 Å². The van der Waals surface area contributed by atoms with Gasteiger partial charge in [-0.05, 0) is 24.8 Å². The van der Waals surface area contributed by atoms with Gasteiger partial charge in [0.05, 0.1) is 0 Å². The highest BCUT2D eigenvalue weighted by atomic mass is 16.2. The van der Waals surface area contributed by atoms with Crippen molar-refractivity contribution in [1.82, 2.24) is 15.5 Å². The molecule has 1 aliphatic rings. The van der Waals surface area contributed by atoms with Gasteiger partial charge in [-0.2, -0.15) is 0 Å². The lowest BCUT2D eigenvalue weighted by Crippen LogP contribution is -2.47. The fraction of sp³-hybridized carbons (Fsp3) is 0.867. The summed E-state index contributed by atoms with van der Waals surface area (Å²) in [5.74, 6) is 0.0875. The van der Waals surface area contributed by atoms with Crippen molar-refractivity contribution in [3.63, 3.8) is 0 Å². The monoisotopic (exact) mass is 283 g/mol. The van der Waals surface area contributed by atoms with Crippen LogP contribution in [-0.4, -0.2) is 48.9 Å². The Morgan fingerprint density at radius 1 is 1.25 bits per heavy atom. The fourth-order valence-corrected chi connectivity index (χ4v) is 2.46. The number of hydrogen-bond acceptors (Lipinski definition) is 3. The molecule has 0 radical (unpaired) electrons. The standard InChI is InChI=1S/C15H29N3O2/c1-5-16-8-9-17-14(20)12-7-6-10-18(12)13(19)11-15(2,3)4/h12,16H,5-11H2,1-4H3,(H,17,20). The molecule has 0 aromatic heterocycles. The van der Waals surface area contributed by atoms with Gasteiger partial charge in [0.15, 0.2) is 0 Å². The number of hydrogen-bond donors (Lipinski definition) is 2. The second kappa shape index (κ2) is 7.62. The molecule has 1 rings (SSSR count). The van der Waals surface area contributed by atoms with Crippen molar-refractivity contribution in [3.05, 3.63) is 0 Å². The smallest absolute Gasteiger partial charge is 0.242 e. The molecule has 0 bridgehead atoms. The van der Waals surface area contributed by atoms with Gasteiger partial charge in [0, 0.05) is 26.1 Å². The van der Waals surface area contributed by atoms with Gasteiger partial charge in [-0.3, -0.25) is 9.59 Å². The second-order valence-corrected chi connectivity index (χ2v) is 6.63. The number of likely N-dealkylation sites (N-methyl/N-ethyl adjacent to an activating group) is 1. The number of carbonyl (C=O) groups excluding carboxylic acids is 2. The van der Waals surface area contributed by atoms with E-state index in [-0.39, 0.29) is 23.3 Å². The Kier molecular flexibility index (Phi) is 6.46. The summed E-state index contributed by atoms with van der Waals surface area (Å²) in [6.45, 7) is 11.2. The van der Waals surface area contributed by atoms with Crippen LogP contribution >= 0.6 is 0 Å². The minimum atomic E-state index is -0.272. The Hall–Kier alpha value is -1.10. The predicted molar refractivity (Wildman–Crippen MR) is 80.4 cm³/mol. The molecule has 116 valence electrons. The van der Waals surface area contributed by atoms with Crippen molar-refractivity contribution in [2.24, 2.45) is 5.41 Å². The van der Waals surface area contributed by atoms with Crippen LogP contribution in [0.25, 0.3) is 0 Å². The van der Waals surface area contributed by atoms with Crippen molar-refractivity contribution in [2.45, 2.75) is 53.0 Å². The topological polar surface area (TPSA) is 61.4 Å². The van der Waals surface area contributed by atoms with E-state index in [2.05, 4.69) is 10.6 Å². The highest BCUT2D eigenvalue weighted by Gasteiger charge is 2.34. The molecule has 5 nitrogen and oxygen atoms in total. The third-order valence-electron chi connectivity index (χ3n) is 3.41. The maximum atomic E-state index is 12.3. The summed E-state index contributed by atoms with van der Waals surface area (Å²) in [7, 11) is 0. The van der Waals surface area contributed by atoms with Gasteiger partial charge in [0.1, 0.15) is 6.04 Å². The molecule has 1 fully saturated rings. The summed E-state index contributed by atoms with van der Waals surface area (Å²) in [5.41, 5.74) is -0.0360. The largest absolute Gasteiger partial charge is 0.353 e. The minimum absolute atomic E-state index is 0.0114. The first-order chi connectivity index (χ1) is 9.35. The first-order valence-corrected chi connectivity index (χ1v) is 7.63. The van der Waals surface area contributed by atoms with E-state index < -0.39 is 0 Å². The first kappa shape index (κ1) is 17.0. The molecule has 0 aromatic carbocycles. The molecule has 0 aromatic rings. The zero-order chi connectivity index (χ0) is 15.2. The average Bonchev–Trinajstić information content (AvgIpc) is 2.81. The molecule has 1 aliphatic heterocycles. The second-order valence-electron chi connectivity index (χ2n) is 6.63. The van der Waals surface area contributed by atoms with E-state index in [0.29, 0.717) is 19.5 Å². The molecule has 20 heavy (non-hydrogen) atoms. The zero-order valence-electron chi connectivity index (χ0n) is 13.3. The molecule has 0 saturated carbocycles. The van der Waals surface area contributed by atoms with Crippen LogP contribution in [0.15, 0.2) is 0 Å². The lowest BCUT2D eigenvalue weighted by atomic mass is 9.91. The number of nitrogens with one attached hydrogen (secondary N) is 2. The van der Waals surface area contributed by atoms with E-state index in [4.69, 9.17) is 0 Å². The summed E-state index contributed by atoms with van der Waals surface area (Å²) in [6, 6.07) is -0.272. The Morgan fingerprint density at radius 2 is 1.95 bits per heavy atom. The van der Waals surface area contributed by atoms with Crippen LogP contribution in [0.4, 0.5) is 0 Å². The van der Waals surface area contributed by atoms with Crippen LogP contribution in [0.3, 0.4) is 0 Å². The van der Waals surface area contributed by atoms with Crippen LogP contribution in [-0.2, 0) is 9.59 Å². The highest BCUT2D eigenvalue weighted by molar-refractivity contribution is 5.88. The molecular formula is C15H29N3O2. The minimum Gasteiger partial charge on any atom is -0.353 e. The van der Waals surface area contributed by atoms with E-state index in [1.807, 2.05) is 27.7 Å². The summed E-state index contributed by atoms with van der Waals surface area (Å²) < 4.78 is 0. The van der Waals surface area contributed by atoms with Crippen LogP contribution < -0.4 is 10.6 Å². The Morgan fingerprint density at radius 3 is 2.55 bits per heavy atom. The number of likely N-dealkylation sites (tertiary alicyclic amines) is 1. The van der Waals surface area contributed by atoms with Crippen LogP contribution in [0, 0.1) is 5.41 Å². The molecule has 5 heteroatoms. The van der Waals surface area contributed by atoms with Crippen LogP contribution in [0.5, 0.6) is 0 Å². The third kappa shape index (κ3) is 5.49. The number of nitrogens with zero attached hydrogens (tertiary/aromatic N) is 1. The number of rotatable bonds is 6. The van der Waals surface area contributed by atoms with Crippen molar-refractivity contribution >= 4 is 11.8 Å². The van der Waals surface area contributed by atoms with Crippen molar-refractivity contribution in [3.8, 4) is 0 Å². The Balaban J connectivity index is 2.47. The quantitative estimate of drug-likeness (QED) is 0.719. The summed E-state index contributed by atoms with van der Waals surface area (Å²) in [4.78, 5) is 26.2. The lowest BCUT2D eigenvalue weighted by molar-refractivity contribution is -0.139. The Labute approximate surface area is 122 Å². The highest BCUT2D eigenvalue weighted by Crippen LogP contribution is 2.24. The maximum absolute atomic E-state index is 12.3. The predicted octanol–water partition coefficient (Wildman–Crippen LogP) is 1.14. The normalized spacial score (nSPS) is 19.2. The maximum Gasteiger partial charge on any atom is 0.242 e. The van der Waals surface area contributed by atoms with Crippen molar-refractivity contribution in [1.29, 1.82) is 0 Å². The number of amides is 2. The van der Waals surface area contributed by atoms with Gasteiger partial charge in [-0.25, -0.2) is 0 Å². The molecule has 1 heterocycles. The first-order valence-electron chi connectivity index (χ1n) is 7.63. The van der Waals surface area contributed by atoms with Gasteiger partial charge in [0.2, 0.25) is 11.8 Å². The molecular weight excluding hydrogens is 254 g/mol. The fourth-order valence-electron chi connectivity index (χ4n) is 2.46. The lowest BCUT2D eigenvalue weighted by Gasteiger charge is -2.27. The van der Waals surface area contributed by atoms with E-state index in [9.17, 15) is 9.59 Å². The van der Waals surface area contributed by atoms with Crippen molar-refractivity contribution < 1.29 is 9.59 Å². The molecule has 2 N–H and O–H groups in total. The van der Waals surface area contributed by atoms with E-state index >= 15 is 0 Å². The number of carbonyl (C=O) groups is 2. The van der Waals surface area contributed by atoms with Crippen molar-refractivity contribution in [2.75, 3.05) is 26.2 Å². The summed E-state index contributed by atoms with van der Waals surface area (Å²) >= 11 is 0. The van der Waals surface area contributed by atoms with Gasteiger partial charge < -0.3 is 15.5 Å². The SMILES string of the molecule is CCNCCNC(=O)C1CCCN1C(=O)CC(C)(C)C. The van der Waals surface area contributed by atoms with Crippen LogP contribution in [0.2, 0.25) is 0 Å². The molecule has 0 spiro atoms. The molecule has 2 amide bonds. The molecule has 1 saturated heterocycles. The molecule has 1 atom stereocenters. The van der Waals surface area contributed by atoms with E-state index in [1.165, 1.54) is 0 Å². The molecule has 1 unspecified atom stereocenters. The Bertz CT molecular complexity index is 337. The average molecular weight is 283 g/mol. The summed E-state index contributed by atoms with van der Waals surface area (Å²) in [6.07, 6.45) is 2.19. The third-order valence-corrected chi connectivity index (χ3v) is 3.41. The zero-order valence-corrected chi connectivity index (χ0v) is 13.3. The van der Waals surface area contributed by atoms with Gasteiger partial charge in [0.25, 0.3) is 0 Å². The van der Waals surface area contributed by atoms with E-state index in [1.54, 1.807) is 4.90 Å².